The van der Waals surface area contributed by atoms with E-state index in [0.29, 0.717) is 22.3 Å². The second-order valence-corrected chi connectivity index (χ2v) is 7.15. The Labute approximate surface area is 176 Å². The van der Waals surface area contributed by atoms with Crippen LogP contribution in [0.4, 0.5) is 10.8 Å². The fraction of sp³-hybridized carbons (Fsp3) is 0.0909. The first-order valence-corrected chi connectivity index (χ1v) is 9.91. The third-order valence-electron chi connectivity index (χ3n) is 4.27. The normalized spacial score (nSPS) is 14.4. The molecule has 0 saturated carbocycles. The number of aliphatic imine (C=N–C) groups is 1. The minimum Gasteiger partial charge on any atom is -0.497 e. The van der Waals surface area contributed by atoms with Gasteiger partial charge in [-0.15, -0.1) is 11.3 Å². The number of ether oxygens (including phenoxy) is 2. The van der Waals surface area contributed by atoms with Crippen LogP contribution >= 0.6 is 11.3 Å². The molecule has 7 nitrogen and oxygen atoms in total. The number of esters is 1. The van der Waals surface area contributed by atoms with E-state index < -0.39 is 5.97 Å². The first-order valence-electron chi connectivity index (χ1n) is 9.03. The fourth-order valence-electron chi connectivity index (χ4n) is 2.86. The molecule has 0 bridgehead atoms. The minimum atomic E-state index is -0.540. The van der Waals surface area contributed by atoms with E-state index in [-0.39, 0.29) is 17.5 Å². The van der Waals surface area contributed by atoms with Gasteiger partial charge in [0.15, 0.2) is 10.8 Å². The highest BCUT2D eigenvalue weighted by molar-refractivity contribution is 7.14. The third kappa shape index (κ3) is 3.99. The summed E-state index contributed by atoms with van der Waals surface area (Å²) >= 11 is 1.29. The number of anilines is 2. The average Bonchev–Trinajstić information content (AvgIpc) is 3.36. The van der Waals surface area contributed by atoms with Gasteiger partial charge in [-0.3, -0.25) is 9.69 Å². The molecule has 1 aliphatic heterocycles. The number of thiazole rings is 1. The number of benzene rings is 2. The highest BCUT2D eigenvalue weighted by atomic mass is 32.1. The Bertz CT molecular complexity index is 1150. The minimum absolute atomic E-state index is 0.157. The van der Waals surface area contributed by atoms with Gasteiger partial charge in [0, 0.05) is 17.9 Å². The second-order valence-electron chi connectivity index (χ2n) is 6.31. The van der Waals surface area contributed by atoms with Crippen molar-refractivity contribution in [1.29, 1.82) is 0 Å². The number of carbonyl (C=O) groups excluding carboxylic acids is 2. The van der Waals surface area contributed by atoms with Gasteiger partial charge in [0.05, 0.1) is 18.5 Å². The fourth-order valence-corrected chi connectivity index (χ4v) is 3.70. The molecule has 0 spiro atoms. The van der Waals surface area contributed by atoms with Crippen LogP contribution in [0.5, 0.6) is 5.75 Å². The molecule has 4 rings (SSSR count). The SMILES string of the molecule is COc1ccc(N(C(C)=O)c2nc(/C=C3/N=C(c4ccccc4)OC3=O)cs2)cc1. The van der Waals surface area contributed by atoms with Crippen LogP contribution in [-0.2, 0) is 14.3 Å². The lowest BCUT2D eigenvalue weighted by Crippen LogP contribution is -2.22. The summed E-state index contributed by atoms with van der Waals surface area (Å²) in [6.07, 6.45) is 1.55. The third-order valence-corrected chi connectivity index (χ3v) is 5.12. The molecule has 0 aliphatic carbocycles. The van der Waals surface area contributed by atoms with Crippen molar-refractivity contribution in [3.63, 3.8) is 0 Å². The molecule has 2 aromatic carbocycles. The van der Waals surface area contributed by atoms with Crippen molar-refractivity contribution in [1.82, 2.24) is 4.98 Å². The van der Waals surface area contributed by atoms with Gasteiger partial charge in [-0.1, -0.05) is 18.2 Å². The van der Waals surface area contributed by atoms with Gasteiger partial charge < -0.3 is 9.47 Å². The van der Waals surface area contributed by atoms with E-state index >= 15 is 0 Å². The number of methoxy groups -OCH3 is 1. The molecular weight excluding hydrogens is 402 g/mol. The smallest absolute Gasteiger partial charge is 0.363 e. The maximum absolute atomic E-state index is 12.3. The van der Waals surface area contributed by atoms with Crippen LogP contribution in [0.25, 0.3) is 6.08 Å². The number of hydrogen-bond acceptors (Lipinski definition) is 7. The lowest BCUT2D eigenvalue weighted by molar-refractivity contribution is -0.130. The Morgan fingerprint density at radius 3 is 2.53 bits per heavy atom. The molecule has 0 N–H and O–H groups in total. The Kier molecular flexibility index (Phi) is 5.40. The molecule has 0 atom stereocenters. The van der Waals surface area contributed by atoms with Gasteiger partial charge in [0.1, 0.15) is 5.75 Å². The van der Waals surface area contributed by atoms with E-state index in [1.54, 1.807) is 42.8 Å². The summed E-state index contributed by atoms with van der Waals surface area (Å²) in [6, 6.07) is 16.3. The van der Waals surface area contributed by atoms with Crippen molar-refractivity contribution < 1.29 is 19.1 Å². The van der Waals surface area contributed by atoms with Crippen molar-refractivity contribution in [2.45, 2.75) is 6.92 Å². The van der Waals surface area contributed by atoms with Crippen LogP contribution in [0.15, 0.2) is 70.7 Å². The Hall–Kier alpha value is -3.78. The average molecular weight is 419 g/mol. The summed E-state index contributed by atoms with van der Waals surface area (Å²) in [4.78, 5) is 34.7. The summed E-state index contributed by atoms with van der Waals surface area (Å²) in [6.45, 7) is 1.47. The maximum Gasteiger partial charge on any atom is 0.363 e. The highest BCUT2D eigenvalue weighted by Crippen LogP contribution is 2.31. The predicted molar refractivity (Wildman–Crippen MR) is 115 cm³/mol. The van der Waals surface area contributed by atoms with Gasteiger partial charge in [-0.05, 0) is 42.5 Å². The molecule has 0 radical (unpaired) electrons. The standard InChI is InChI=1S/C22H17N3O4S/c1-14(26)25(17-8-10-18(28-2)11-9-17)22-23-16(13-30-22)12-19-21(27)29-20(24-19)15-6-4-3-5-7-15/h3-13H,1-2H3/b19-12+. The maximum atomic E-state index is 12.3. The van der Waals surface area contributed by atoms with Crippen molar-refractivity contribution in [2.75, 3.05) is 12.0 Å². The number of carbonyl (C=O) groups is 2. The van der Waals surface area contributed by atoms with Crippen molar-refractivity contribution in [3.8, 4) is 5.75 Å². The van der Waals surface area contributed by atoms with Crippen LogP contribution in [0.2, 0.25) is 0 Å². The van der Waals surface area contributed by atoms with Gasteiger partial charge in [0.25, 0.3) is 0 Å². The second kappa shape index (κ2) is 8.30. The number of amides is 1. The lowest BCUT2D eigenvalue weighted by atomic mass is 10.2. The van der Waals surface area contributed by atoms with Crippen LogP contribution in [0.3, 0.4) is 0 Å². The van der Waals surface area contributed by atoms with E-state index in [2.05, 4.69) is 9.98 Å². The van der Waals surface area contributed by atoms with Gasteiger partial charge in [0.2, 0.25) is 11.8 Å². The zero-order chi connectivity index (χ0) is 21.1. The molecule has 150 valence electrons. The van der Waals surface area contributed by atoms with Crippen LogP contribution in [0.1, 0.15) is 18.2 Å². The Morgan fingerprint density at radius 1 is 1.13 bits per heavy atom. The van der Waals surface area contributed by atoms with E-state index in [1.165, 1.54) is 23.2 Å². The quantitative estimate of drug-likeness (QED) is 0.458. The Morgan fingerprint density at radius 2 is 1.87 bits per heavy atom. The van der Waals surface area contributed by atoms with Crippen molar-refractivity contribution in [2.24, 2.45) is 4.99 Å². The summed E-state index contributed by atoms with van der Waals surface area (Å²) in [5, 5.41) is 2.24. The molecule has 1 aliphatic rings. The van der Waals surface area contributed by atoms with Gasteiger partial charge in [-0.2, -0.15) is 0 Å². The van der Waals surface area contributed by atoms with Gasteiger partial charge in [-0.25, -0.2) is 14.8 Å². The van der Waals surface area contributed by atoms with E-state index in [4.69, 9.17) is 9.47 Å². The molecule has 0 saturated heterocycles. The first-order chi connectivity index (χ1) is 14.5. The van der Waals surface area contributed by atoms with E-state index in [0.717, 1.165) is 5.56 Å². The zero-order valence-electron chi connectivity index (χ0n) is 16.2. The van der Waals surface area contributed by atoms with E-state index in [1.807, 2.05) is 30.3 Å². The molecule has 0 fully saturated rings. The molecule has 30 heavy (non-hydrogen) atoms. The molecule has 0 unspecified atom stereocenters. The predicted octanol–water partition coefficient (Wildman–Crippen LogP) is 4.18. The monoisotopic (exact) mass is 419 g/mol. The lowest BCUT2D eigenvalue weighted by Gasteiger charge is -2.18. The topological polar surface area (TPSA) is 81.1 Å². The largest absolute Gasteiger partial charge is 0.497 e. The van der Waals surface area contributed by atoms with Gasteiger partial charge >= 0.3 is 5.97 Å². The number of hydrogen-bond donors (Lipinski definition) is 0. The molecule has 1 aromatic heterocycles. The molecular formula is C22H17N3O4S. The highest BCUT2D eigenvalue weighted by Gasteiger charge is 2.25. The van der Waals surface area contributed by atoms with Crippen LogP contribution in [-0.4, -0.2) is 29.9 Å². The molecule has 2 heterocycles. The number of nitrogens with zero attached hydrogens (tertiary/aromatic N) is 3. The summed E-state index contributed by atoms with van der Waals surface area (Å²) in [5.41, 5.74) is 2.06. The van der Waals surface area contributed by atoms with Crippen LogP contribution < -0.4 is 9.64 Å². The number of rotatable bonds is 5. The number of aromatic nitrogens is 1. The Balaban J connectivity index is 1.61. The molecule has 3 aromatic rings. The van der Waals surface area contributed by atoms with Crippen molar-refractivity contribution in [3.05, 3.63) is 76.9 Å². The first kappa shape index (κ1) is 19.5. The van der Waals surface area contributed by atoms with Crippen LogP contribution in [0, 0.1) is 0 Å². The summed E-state index contributed by atoms with van der Waals surface area (Å²) in [7, 11) is 1.58. The number of cyclic esters (lactones) is 1. The summed E-state index contributed by atoms with van der Waals surface area (Å²) < 4.78 is 10.4. The van der Waals surface area contributed by atoms with E-state index in [9.17, 15) is 9.59 Å². The summed E-state index contributed by atoms with van der Waals surface area (Å²) in [5.74, 6) is 0.227. The van der Waals surface area contributed by atoms with Crippen molar-refractivity contribution >= 4 is 46.0 Å². The zero-order valence-corrected chi connectivity index (χ0v) is 17.1. The molecule has 8 heteroatoms. The molecule has 1 amide bonds.